The molecule has 0 aliphatic heterocycles. The number of hydrogen-bond donors (Lipinski definition) is 0. The molecule has 0 bridgehead atoms. The molecule has 158 valence electrons. The van der Waals surface area contributed by atoms with E-state index >= 15 is 0 Å². The Labute approximate surface area is 165 Å². The minimum atomic E-state index is -0.269. The van der Waals surface area contributed by atoms with E-state index in [-0.39, 0.29) is 22.9 Å². The first kappa shape index (κ1) is 25.9. The Morgan fingerprint density at radius 3 is 1.50 bits per heavy atom. The van der Waals surface area contributed by atoms with Gasteiger partial charge in [-0.1, -0.05) is 73.1 Å². The largest absolute Gasteiger partial charge is 0.370 e. The summed E-state index contributed by atoms with van der Waals surface area (Å²) >= 11 is 0. The number of unbranched alkanes of at least 4 members (excludes halogenated alkanes) is 5. The van der Waals surface area contributed by atoms with Gasteiger partial charge in [-0.15, -0.1) is 0 Å². The average Bonchev–Trinajstić information content (AvgIpc) is 2.44. The highest BCUT2D eigenvalue weighted by atomic mass is 16.6. The lowest BCUT2D eigenvalue weighted by molar-refractivity contribution is -0.257. The second-order valence-corrected chi connectivity index (χ2v) is 10.7. The molecule has 0 aromatic heterocycles. The van der Waals surface area contributed by atoms with Crippen molar-refractivity contribution in [3.63, 3.8) is 0 Å². The van der Waals surface area contributed by atoms with Gasteiger partial charge in [-0.3, -0.25) is 0 Å². The van der Waals surface area contributed by atoms with Crippen LogP contribution in [-0.2, 0) is 9.47 Å². The molecule has 0 saturated carbocycles. The molecule has 0 saturated heterocycles. The average molecular weight is 371 g/mol. The van der Waals surface area contributed by atoms with Crippen LogP contribution in [0.5, 0.6) is 0 Å². The van der Waals surface area contributed by atoms with Crippen LogP contribution in [0, 0.1) is 11.8 Å². The van der Waals surface area contributed by atoms with Gasteiger partial charge >= 0.3 is 0 Å². The molecule has 0 aromatic rings. The van der Waals surface area contributed by atoms with Crippen LogP contribution in [-0.4, -0.2) is 22.9 Å². The maximum atomic E-state index is 6.83. The second-order valence-electron chi connectivity index (χ2n) is 10.7. The van der Waals surface area contributed by atoms with Crippen LogP contribution in [0.15, 0.2) is 0 Å². The van der Waals surface area contributed by atoms with Crippen molar-refractivity contribution in [2.45, 2.75) is 144 Å². The highest BCUT2D eigenvalue weighted by Crippen LogP contribution is 2.42. The molecule has 0 radical (unpaired) electrons. The minimum Gasteiger partial charge on any atom is -0.370 e. The summed E-state index contributed by atoms with van der Waals surface area (Å²) in [6.45, 7) is 24.5. The van der Waals surface area contributed by atoms with Gasteiger partial charge in [-0.05, 0) is 59.8 Å². The van der Waals surface area contributed by atoms with Crippen LogP contribution >= 0.6 is 0 Å². The molecule has 1 unspecified atom stereocenters. The first-order chi connectivity index (χ1) is 11.8. The quantitative estimate of drug-likeness (QED) is 0.326. The lowest BCUT2D eigenvalue weighted by Crippen LogP contribution is -2.59. The van der Waals surface area contributed by atoms with E-state index in [2.05, 4.69) is 76.2 Å². The van der Waals surface area contributed by atoms with Crippen LogP contribution in [0.4, 0.5) is 0 Å². The summed E-state index contributed by atoms with van der Waals surface area (Å²) in [7, 11) is 0. The molecule has 0 aromatic carbocycles. The van der Waals surface area contributed by atoms with Crippen LogP contribution in [0.25, 0.3) is 0 Å². The fourth-order valence-corrected chi connectivity index (χ4v) is 4.16. The zero-order valence-corrected chi connectivity index (χ0v) is 20.0. The first-order valence-corrected chi connectivity index (χ1v) is 11.1. The smallest absolute Gasteiger partial charge is 0.0995 e. The molecule has 2 nitrogen and oxygen atoms in total. The van der Waals surface area contributed by atoms with E-state index in [0.29, 0.717) is 11.8 Å². The summed E-state index contributed by atoms with van der Waals surface area (Å²) in [4.78, 5) is 0. The summed E-state index contributed by atoms with van der Waals surface area (Å²) in [5.74, 6) is 0.795. The highest BCUT2D eigenvalue weighted by molar-refractivity contribution is 4.98. The molecular weight excluding hydrogens is 320 g/mol. The molecule has 0 aliphatic carbocycles. The number of hydrogen-bond acceptors (Lipinski definition) is 2. The SMILES string of the molecule is CCCCCCCCC(OC(C)(C)C)C(OC(C)(C)C)(C(C)C)C(C)C. The van der Waals surface area contributed by atoms with Gasteiger partial charge in [-0.25, -0.2) is 0 Å². The summed E-state index contributed by atoms with van der Waals surface area (Å²) < 4.78 is 13.5. The lowest BCUT2D eigenvalue weighted by atomic mass is 9.73. The fraction of sp³-hybridized carbons (Fsp3) is 1.00. The molecule has 0 amide bonds. The van der Waals surface area contributed by atoms with Crippen LogP contribution in [0.3, 0.4) is 0 Å². The summed E-state index contributed by atoms with van der Waals surface area (Å²) in [6, 6.07) is 0. The Kier molecular flexibility index (Phi) is 11.0. The normalized spacial score (nSPS) is 15.1. The van der Waals surface area contributed by atoms with Crippen LogP contribution in [0.1, 0.15) is 121 Å². The Bertz CT molecular complexity index is 349. The van der Waals surface area contributed by atoms with E-state index in [1.54, 1.807) is 0 Å². The Morgan fingerprint density at radius 2 is 1.12 bits per heavy atom. The molecular formula is C24H50O2. The van der Waals surface area contributed by atoms with E-state index < -0.39 is 0 Å². The number of rotatable bonds is 12. The van der Waals surface area contributed by atoms with Gasteiger partial charge < -0.3 is 9.47 Å². The Morgan fingerprint density at radius 1 is 0.654 bits per heavy atom. The first-order valence-electron chi connectivity index (χ1n) is 11.1. The highest BCUT2D eigenvalue weighted by Gasteiger charge is 2.49. The van der Waals surface area contributed by atoms with Crippen LogP contribution < -0.4 is 0 Å². The van der Waals surface area contributed by atoms with E-state index in [9.17, 15) is 0 Å². The molecule has 0 fully saturated rings. The number of ether oxygens (including phenoxy) is 2. The van der Waals surface area contributed by atoms with Gasteiger partial charge in [0.15, 0.2) is 0 Å². The topological polar surface area (TPSA) is 18.5 Å². The Hall–Kier alpha value is -0.0800. The molecule has 26 heavy (non-hydrogen) atoms. The molecule has 0 aliphatic rings. The lowest BCUT2D eigenvalue weighted by Gasteiger charge is -2.51. The Balaban J connectivity index is 5.44. The van der Waals surface area contributed by atoms with Crippen molar-refractivity contribution in [1.82, 2.24) is 0 Å². The molecule has 2 heteroatoms. The molecule has 0 spiro atoms. The van der Waals surface area contributed by atoms with Gasteiger partial charge in [0.2, 0.25) is 0 Å². The van der Waals surface area contributed by atoms with Crippen molar-refractivity contribution in [3.8, 4) is 0 Å². The van der Waals surface area contributed by atoms with Crippen molar-refractivity contribution < 1.29 is 9.47 Å². The monoisotopic (exact) mass is 370 g/mol. The van der Waals surface area contributed by atoms with Crippen molar-refractivity contribution in [3.05, 3.63) is 0 Å². The third kappa shape index (κ3) is 9.22. The van der Waals surface area contributed by atoms with Gasteiger partial charge in [0.1, 0.15) is 0 Å². The van der Waals surface area contributed by atoms with Gasteiger partial charge in [0.05, 0.1) is 22.9 Å². The van der Waals surface area contributed by atoms with Gasteiger partial charge in [0, 0.05) is 0 Å². The fourth-order valence-electron chi connectivity index (χ4n) is 4.16. The standard InChI is InChI=1S/C24H50O2/c1-12-13-14-15-16-17-18-21(25-22(6,7)8)24(19(2)3,20(4)5)26-23(9,10)11/h19-21H,12-18H2,1-11H3. The maximum absolute atomic E-state index is 6.83. The minimum absolute atomic E-state index is 0.118. The third-order valence-electron chi connectivity index (χ3n) is 5.11. The zero-order valence-electron chi connectivity index (χ0n) is 20.0. The predicted octanol–water partition coefficient (Wildman–Crippen LogP) is 7.79. The van der Waals surface area contributed by atoms with Crippen molar-refractivity contribution in [2.24, 2.45) is 11.8 Å². The molecule has 1 atom stereocenters. The summed E-state index contributed by atoms with van der Waals surface area (Å²) in [6.07, 6.45) is 9.08. The van der Waals surface area contributed by atoms with Crippen molar-refractivity contribution in [2.75, 3.05) is 0 Å². The molecule has 0 rings (SSSR count). The third-order valence-corrected chi connectivity index (χ3v) is 5.11. The van der Waals surface area contributed by atoms with E-state index in [1.807, 2.05) is 0 Å². The van der Waals surface area contributed by atoms with Crippen molar-refractivity contribution in [1.29, 1.82) is 0 Å². The van der Waals surface area contributed by atoms with Gasteiger partial charge in [0.25, 0.3) is 0 Å². The zero-order chi connectivity index (χ0) is 20.6. The second kappa shape index (κ2) is 11.1. The van der Waals surface area contributed by atoms with Crippen LogP contribution in [0.2, 0.25) is 0 Å². The molecule has 0 heterocycles. The predicted molar refractivity (Wildman–Crippen MR) is 116 cm³/mol. The maximum Gasteiger partial charge on any atom is 0.0995 e. The van der Waals surface area contributed by atoms with E-state index in [4.69, 9.17) is 9.47 Å². The van der Waals surface area contributed by atoms with E-state index in [1.165, 1.54) is 38.5 Å². The van der Waals surface area contributed by atoms with E-state index in [0.717, 1.165) is 6.42 Å². The van der Waals surface area contributed by atoms with Gasteiger partial charge in [-0.2, -0.15) is 0 Å². The summed E-state index contributed by atoms with van der Waals surface area (Å²) in [5, 5.41) is 0. The van der Waals surface area contributed by atoms with Crippen molar-refractivity contribution >= 4 is 0 Å². The molecule has 0 N–H and O–H groups in total. The summed E-state index contributed by atoms with van der Waals surface area (Å²) in [5.41, 5.74) is -0.618.